The average molecular weight is 344 g/mol. The molecule has 0 aliphatic heterocycles. The van der Waals surface area contributed by atoms with Crippen LogP contribution in [-0.4, -0.2) is 19.5 Å². The predicted octanol–water partition coefficient (Wildman–Crippen LogP) is 3.18. The highest BCUT2D eigenvalue weighted by Crippen LogP contribution is 2.27. The third kappa shape index (κ3) is 3.73. The molecule has 2 aromatic carbocycles. The van der Waals surface area contributed by atoms with E-state index >= 15 is 0 Å². The Bertz CT molecular complexity index is 911. The number of hydrogen-bond acceptors (Lipinski definition) is 4. The van der Waals surface area contributed by atoms with Crippen molar-refractivity contribution in [2.45, 2.75) is 24.7 Å². The van der Waals surface area contributed by atoms with Gasteiger partial charge in [0.05, 0.1) is 22.1 Å². The number of rotatable bonds is 5. The molecule has 0 fully saturated rings. The van der Waals surface area contributed by atoms with Crippen LogP contribution in [0.3, 0.4) is 0 Å². The van der Waals surface area contributed by atoms with E-state index < -0.39 is 16.0 Å². The molecule has 2 aromatic rings. The average Bonchev–Trinajstić information content (AvgIpc) is 2.54. The van der Waals surface area contributed by atoms with E-state index in [1.54, 1.807) is 0 Å². The Morgan fingerprint density at radius 2 is 1.79 bits per heavy atom. The first-order chi connectivity index (χ1) is 11.2. The maximum atomic E-state index is 12.7. The number of anilines is 1. The van der Waals surface area contributed by atoms with Crippen molar-refractivity contribution in [1.29, 1.82) is 5.26 Å². The van der Waals surface area contributed by atoms with Crippen LogP contribution in [0.5, 0.6) is 0 Å². The smallest absolute Gasteiger partial charge is 0.335 e. The molecule has 0 radical (unpaired) electrons. The lowest BCUT2D eigenvalue weighted by Crippen LogP contribution is -2.16. The van der Waals surface area contributed by atoms with Crippen molar-refractivity contribution in [2.75, 3.05) is 4.72 Å². The summed E-state index contributed by atoms with van der Waals surface area (Å²) in [6.07, 6.45) is 0. The van der Waals surface area contributed by atoms with Crippen LogP contribution in [0, 0.1) is 11.3 Å². The first-order valence-corrected chi connectivity index (χ1v) is 8.63. The van der Waals surface area contributed by atoms with Gasteiger partial charge in [-0.05, 0) is 47.9 Å². The number of sulfonamides is 1. The summed E-state index contributed by atoms with van der Waals surface area (Å²) in [4.78, 5) is 11.1. The van der Waals surface area contributed by atoms with E-state index in [0.29, 0.717) is 16.8 Å². The molecule has 0 atom stereocenters. The van der Waals surface area contributed by atoms with E-state index in [-0.39, 0.29) is 16.4 Å². The second-order valence-electron chi connectivity index (χ2n) is 5.51. The van der Waals surface area contributed by atoms with Crippen molar-refractivity contribution in [3.8, 4) is 6.07 Å². The fraction of sp³-hybridized carbons (Fsp3) is 0.176. The maximum Gasteiger partial charge on any atom is 0.335 e. The molecule has 124 valence electrons. The van der Waals surface area contributed by atoms with Crippen LogP contribution in [0.25, 0.3) is 0 Å². The van der Waals surface area contributed by atoms with Crippen LogP contribution in [0.1, 0.15) is 41.3 Å². The van der Waals surface area contributed by atoms with Gasteiger partial charge in [-0.1, -0.05) is 19.9 Å². The zero-order valence-electron chi connectivity index (χ0n) is 13.1. The third-order valence-corrected chi connectivity index (χ3v) is 4.88. The first kappa shape index (κ1) is 17.5. The van der Waals surface area contributed by atoms with Crippen LogP contribution >= 0.6 is 0 Å². The van der Waals surface area contributed by atoms with E-state index in [4.69, 9.17) is 10.4 Å². The summed E-state index contributed by atoms with van der Waals surface area (Å²) in [6, 6.07) is 12.0. The molecule has 0 bridgehead atoms. The molecule has 0 unspecified atom stereocenters. The Morgan fingerprint density at radius 3 is 2.29 bits per heavy atom. The Morgan fingerprint density at radius 1 is 1.17 bits per heavy atom. The van der Waals surface area contributed by atoms with Crippen molar-refractivity contribution in [1.82, 2.24) is 0 Å². The molecule has 2 rings (SSSR count). The zero-order chi connectivity index (χ0) is 17.9. The molecule has 0 amide bonds. The topological polar surface area (TPSA) is 107 Å². The second-order valence-corrected chi connectivity index (χ2v) is 7.16. The number of nitriles is 1. The molecular weight excluding hydrogens is 328 g/mol. The zero-order valence-corrected chi connectivity index (χ0v) is 14.0. The number of carbonyl (C=O) groups is 1. The first-order valence-electron chi connectivity index (χ1n) is 7.15. The Kier molecular flexibility index (Phi) is 4.90. The molecule has 0 heterocycles. The lowest BCUT2D eigenvalue weighted by molar-refractivity contribution is 0.0696. The van der Waals surface area contributed by atoms with Gasteiger partial charge in [-0.25, -0.2) is 13.2 Å². The summed E-state index contributed by atoms with van der Waals surface area (Å²) in [6.45, 7) is 3.66. The minimum absolute atomic E-state index is 0.0678. The molecule has 2 N–H and O–H groups in total. The summed E-state index contributed by atoms with van der Waals surface area (Å²) in [5.74, 6) is -1.29. The van der Waals surface area contributed by atoms with Crippen molar-refractivity contribution >= 4 is 21.7 Å². The molecule has 0 aliphatic carbocycles. The van der Waals surface area contributed by atoms with Gasteiger partial charge in [-0.3, -0.25) is 4.72 Å². The SMILES string of the molecule is CC(C)c1ccc(C(=O)O)cc1S(=O)(=O)Nc1ccc(C#N)cc1. The number of nitrogens with one attached hydrogen (secondary N) is 1. The number of carboxylic acid groups (broad SMARTS) is 1. The molecule has 0 aliphatic rings. The summed E-state index contributed by atoms with van der Waals surface area (Å²) in [5, 5.41) is 17.9. The van der Waals surface area contributed by atoms with Gasteiger partial charge in [0, 0.05) is 5.69 Å². The second kappa shape index (κ2) is 6.72. The predicted molar refractivity (Wildman–Crippen MR) is 89.5 cm³/mol. The maximum absolute atomic E-state index is 12.7. The lowest BCUT2D eigenvalue weighted by atomic mass is 10.0. The van der Waals surface area contributed by atoms with Crippen molar-refractivity contribution in [3.05, 3.63) is 59.2 Å². The van der Waals surface area contributed by atoms with E-state index in [9.17, 15) is 13.2 Å². The summed E-state index contributed by atoms with van der Waals surface area (Å²) in [7, 11) is -3.96. The molecule has 7 heteroatoms. The van der Waals surface area contributed by atoms with Crippen LogP contribution in [0.4, 0.5) is 5.69 Å². The molecule has 6 nitrogen and oxygen atoms in total. The standard InChI is InChI=1S/C17H16N2O4S/c1-11(2)15-8-5-13(17(20)21)9-16(15)24(22,23)19-14-6-3-12(10-18)4-7-14/h3-9,11,19H,1-2H3,(H,20,21). The van der Waals surface area contributed by atoms with Crippen molar-refractivity contribution in [2.24, 2.45) is 0 Å². The lowest BCUT2D eigenvalue weighted by Gasteiger charge is -2.15. The van der Waals surface area contributed by atoms with Gasteiger partial charge >= 0.3 is 5.97 Å². The quantitative estimate of drug-likeness (QED) is 0.866. The van der Waals surface area contributed by atoms with Crippen LogP contribution in [0.15, 0.2) is 47.4 Å². The largest absolute Gasteiger partial charge is 0.478 e. The summed E-state index contributed by atoms with van der Waals surface area (Å²) >= 11 is 0. The van der Waals surface area contributed by atoms with E-state index in [1.165, 1.54) is 36.4 Å². The molecule has 24 heavy (non-hydrogen) atoms. The minimum atomic E-state index is -3.96. The highest BCUT2D eigenvalue weighted by Gasteiger charge is 2.22. The normalized spacial score (nSPS) is 11.1. The van der Waals surface area contributed by atoms with Gasteiger partial charge in [0.15, 0.2) is 0 Å². The molecular formula is C17H16N2O4S. The molecule has 0 saturated heterocycles. The summed E-state index contributed by atoms with van der Waals surface area (Å²) in [5.41, 5.74) is 1.14. The minimum Gasteiger partial charge on any atom is -0.478 e. The third-order valence-electron chi connectivity index (χ3n) is 3.44. The highest BCUT2D eigenvalue weighted by atomic mass is 32.2. The van der Waals surface area contributed by atoms with E-state index in [0.717, 1.165) is 6.07 Å². The van der Waals surface area contributed by atoms with Crippen LogP contribution in [0.2, 0.25) is 0 Å². The van der Waals surface area contributed by atoms with Crippen molar-refractivity contribution in [3.63, 3.8) is 0 Å². The Labute approximate surface area is 140 Å². The van der Waals surface area contributed by atoms with Gasteiger partial charge in [0.1, 0.15) is 0 Å². The van der Waals surface area contributed by atoms with Gasteiger partial charge < -0.3 is 5.11 Å². The van der Waals surface area contributed by atoms with Gasteiger partial charge in [0.2, 0.25) is 0 Å². The molecule has 0 saturated carbocycles. The number of carboxylic acids is 1. The number of benzene rings is 2. The van der Waals surface area contributed by atoms with E-state index in [2.05, 4.69) is 4.72 Å². The van der Waals surface area contributed by atoms with Gasteiger partial charge in [0.25, 0.3) is 10.0 Å². The number of aromatic carboxylic acids is 1. The number of nitrogens with zero attached hydrogens (tertiary/aromatic N) is 1. The summed E-state index contributed by atoms with van der Waals surface area (Å²) < 4.78 is 27.8. The van der Waals surface area contributed by atoms with Crippen LogP contribution in [-0.2, 0) is 10.0 Å². The highest BCUT2D eigenvalue weighted by molar-refractivity contribution is 7.92. The van der Waals surface area contributed by atoms with Crippen LogP contribution < -0.4 is 4.72 Å². The van der Waals surface area contributed by atoms with E-state index in [1.807, 2.05) is 19.9 Å². The fourth-order valence-corrected chi connectivity index (χ4v) is 3.65. The van der Waals surface area contributed by atoms with Gasteiger partial charge in [-0.15, -0.1) is 0 Å². The van der Waals surface area contributed by atoms with Gasteiger partial charge in [-0.2, -0.15) is 5.26 Å². The van der Waals surface area contributed by atoms with Crippen molar-refractivity contribution < 1.29 is 18.3 Å². The monoisotopic (exact) mass is 344 g/mol. The Hall–Kier alpha value is -2.85. The molecule has 0 aromatic heterocycles. The Balaban J connectivity index is 2.48. The fourth-order valence-electron chi connectivity index (χ4n) is 2.20. The number of hydrogen-bond donors (Lipinski definition) is 2. The molecule has 0 spiro atoms.